The first-order chi connectivity index (χ1) is 7.66. The Bertz CT molecular complexity index is 531. The van der Waals surface area contributed by atoms with Gasteiger partial charge in [-0.2, -0.15) is 0 Å². The predicted octanol–water partition coefficient (Wildman–Crippen LogP) is -0.549. The van der Waals surface area contributed by atoms with Crippen LogP contribution in [-0.2, 0) is 0 Å². The SMILES string of the molecule is Cc1[nH]cnc1C(=O)Nc1cccc(Cl)c1.[Na+].[OH-]. The first-order valence-electron chi connectivity index (χ1n) is 4.73. The van der Waals surface area contributed by atoms with E-state index in [-0.39, 0.29) is 40.9 Å². The van der Waals surface area contributed by atoms with Crippen molar-refractivity contribution in [2.45, 2.75) is 6.92 Å². The van der Waals surface area contributed by atoms with Gasteiger partial charge in [0.1, 0.15) is 5.69 Å². The number of carbonyl (C=O) groups excluding carboxylic acids is 1. The zero-order chi connectivity index (χ0) is 11.5. The Morgan fingerprint density at radius 3 is 2.72 bits per heavy atom. The summed E-state index contributed by atoms with van der Waals surface area (Å²) in [5.74, 6) is -0.249. The molecule has 0 radical (unpaired) electrons. The maximum Gasteiger partial charge on any atom is 1.00 e. The van der Waals surface area contributed by atoms with E-state index in [2.05, 4.69) is 15.3 Å². The van der Waals surface area contributed by atoms with Crippen LogP contribution >= 0.6 is 11.6 Å². The van der Waals surface area contributed by atoms with Crippen molar-refractivity contribution in [3.63, 3.8) is 0 Å². The molecule has 0 unspecified atom stereocenters. The summed E-state index contributed by atoms with van der Waals surface area (Å²) < 4.78 is 0. The summed E-state index contributed by atoms with van der Waals surface area (Å²) >= 11 is 5.81. The number of imidazole rings is 1. The Morgan fingerprint density at radius 2 is 2.17 bits per heavy atom. The molecule has 0 saturated carbocycles. The molecule has 0 bridgehead atoms. The first kappa shape index (κ1) is 17.2. The fraction of sp³-hybridized carbons (Fsp3) is 0.0909. The van der Waals surface area contributed by atoms with E-state index in [1.165, 1.54) is 6.33 Å². The van der Waals surface area contributed by atoms with Crippen molar-refractivity contribution in [2.24, 2.45) is 0 Å². The standard InChI is InChI=1S/C11H10ClN3O.Na.H2O/c1-7-10(14-6-13-7)11(16)15-9-4-2-3-8(12)5-9;;/h2-6H,1H3,(H,13,14)(H,15,16);;1H2/q;+1;/p-1. The Hall–Kier alpha value is -0.850. The molecule has 2 rings (SSSR count). The third-order valence-electron chi connectivity index (χ3n) is 2.13. The van der Waals surface area contributed by atoms with Crippen LogP contribution < -0.4 is 34.9 Å². The van der Waals surface area contributed by atoms with Crippen LogP contribution in [0.4, 0.5) is 5.69 Å². The molecule has 5 nitrogen and oxygen atoms in total. The summed E-state index contributed by atoms with van der Waals surface area (Å²) in [4.78, 5) is 18.6. The molecule has 90 valence electrons. The number of anilines is 1. The van der Waals surface area contributed by atoms with Crippen LogP contribution in [0.1, 0.15) is 16.2 Å². The number of carbonyl (C=O) groups is 1. The van der Waals surface area contributed by atoms with E-state index < -0.39 is 0 Å². The van der Waals surface area contributed by atoms with Gasteiger partial charge < -0.3 is 15.8 Å². The van der Waals surface area contributed by atoms with E-state index in [1.54, 1.807) is 31.2 Å². The quantitative estimate of drug-likeness (QED) is 0.721. The molecule has 1 amide bonds. The van der Waals surface area contributed by atoms with E-state index in [0.717, 1.165) is 5.69 Å². The second kappa shape index (κ2) is 7.56. The van der Waals surface area contributed by atoms with Crippen molar-refractivity contribution < 1.29 is 39.8 Å². The Labute approximate surface area is 132 Å². The van der Waals surface area contributed by atoms with Gasteiger partial charge in [-0.15, -0.1) is 0 Å². The van der Waals surface area contributed by atoms with Gasteiger partial charge in [0.2, 0.25) is 0 Å². The minimum absolute atomic E-state index is 0. The Kier molecular flexibility index (Phi) is 7.20. The van der Waals surface area contributed by atoms with E-state index in [1.807, 2.05) is 0 Å². The molecule has 18 heavy (non-hydrogen) atoms. The maximum atomic E-state index is 11.8. The molecule has 0 aliphatic heterocycles. The van der Waals surface area contributed by atoms with Gasteiger partial charge in [-0.3, -0.25) is 4.79 Å². The van der Waals surface area contributed by atoms with Gasteiger partial charge in [0.25, 0.3) is 5.91 Å². The van der Waals surface area contributed by atoms with Crippen LogP contribution in [0, 0.1) is 6.92 Å². The normalized spacial score (nSPS) is 9.00. The number of aromatic amines is 1. The Morgan fingerprint density at radius 1 is 1.44 bits per heavy atom. The van der Waals surface area contributed by atoms with E-state index in [9.17, 15) is 4.79 Å². The fourth-order valence-electron chi connectivity index (χ4n) is 1.34. The zero-order valence-corrected chi connectivity index (χ0v) is 12.8. The molecule has 0 aliphatic carbocycles. The number of hydrogen-bond acceptors (Lipinski definition) is 3. The first-order valence-corrected chi connectivity index (χ1v) is 5.11. The van der Waals surface area contributed by atoms with Crippen LogP contribution in [0.25, 0.3) is 0 Å². The largest absolute Gasteiger partial charge is 1.00 e. The molecule has 0 aliphatic rings. The van der Waals surface area contributed by atoms with Gasteiger partial charge in [0.05, 0.1) is 6.33 Å². The zero-order valence-electron chi connectivity index (χ0n) is 10.1. The summed E-state index contributed by atoms with van der Waals surface area (Å²) in [5, 5.41) is 3.30. The summed E-state index contributed by atoms with van der Waals surface area (Å²) in [6.45, 7) is 1.79. The van der Waals surface area contributed by atoms with Crippen molar-refractivity contribution in [3.8, 4) is 0 Å². The molecule has 1 aromatic carbocycles. The number of aryl methyl sites for hydroxylation is 1. The number of nitrogens with one attached hydrogen (secondary N) is 2. The molecule has 1 heterocycles. The molecular formula is C11H11ClN3NaO2. The van der Waals surface area contributed by atoms with Crippen molar-refractivity contribution in [3.05, 3.63) is 47.0 Å². The van der Waals surface area contributed by atoms with Crippen molar-refractivity contribution >= 4 is 23.2 Å². The predicted molar refractivity (Wildman–Crippen MR) is 64.7 cm³/mol. The third-order valence-corrected chi connectivity index (χ3v) is 2.36. The minimum atomic E-state index is -0.249. The van der Waals surface area contributed by atoms with Crippen LogP contribution in [0.15, 0.2) is 30.6 Å². The van der Waals surface area contributed by atoms with Gasteiger partial charge >= 0.3 is 29.6 Å². The summed E-state index contributed by atoms with van der Waals surface area (Å²) in [5.41, 5.74) is 1.78. The monoisotopic (exact) mass is 275 g/mol. The second-order valence-electron chi connectivity index (χ2n) is 3.34. The summed E-state index contributed by atoms with van der Waals surface area (Å²) in [6.07, 6.45) is 1.49. The molecule has 0 spiro atoms. The average Bonchev–Trinajstić information content (AvgIpc) is 2.64. The van der Waals surface area contributed by atoms with Crippen LogP contribution in [-0.4, -0.2) is 21.4 Å². The van der Waals surface area contributed by atoms with Crippen molar-refractivity contribution in [1.29, 1.82) is 0 Å². The van der Waals surface area contributed by atoms with E-state index in [4.69, 9.17) is 11.6 Å². The molecule has 7 heteroatoms. The molecule has 0 fully saturated rings. The number of rotatable bonds is 2. The van der Waals surface area contributed by atoms with E-state index in [0.29, 0.717) is 16.4 Å². The minimum Gasteiger partial charge on any atom is -0.870 e. The van der Waals surface area contributed by atoms with Crippen molar-refractivity contribution in [2.75, 3.05) is 5.32 Å². The number of benzene rings is 1. The molecule has 3 N–H and O–H groups in total. The van der Waals surface area contributed by atoms with Gasteiger partial charge in [-0.05, 0) is 25.1 Å². The number of aromatic nitrogens is 2. The van der Waals surface area contributed by atoms with Crippen LogP contribution in [0.2, 0.25) is 5.02 Å². The van der Waals surface area contributed by atoms with Crippen LogP contribution in [0.3, 0.4) is 0 Å². The van der Waals surface area contributed by atoms with Gasteiger partial charge in [0.15, 0.2) is 0 Å². The number of H-pyrrole nitrogens is 1. The number of nitrogens with zero attached hydrogens (tertiary/aromatic N) is 1. The smallest absolute Gasteiger partial charge is 0.870 e. The third kappa shape index (κ3) is 4.12. The Balaban J connectivity index is 0.00000144. The molecule has 0 atom stereocenters. The maximum absolute atomic E-state index is 11.8. The van der Waals surface area contributed by atoms with Crippen LogP contribution in [0.5, 0.6) is 0 Å². The topological polar surface area (TPSA) is 87.8 Å². The van der Waals surface area contributed by atoms with Gasteiger partial charge in [-0.1, -0.05) is 17.7 Å². The summed E-state index contributed by atoms with van der Waals surface area (Å²) in [6, 6.07) is 6.97. The summed E-state index contributed by atoms with van der Waals surface area (Å²) in [7, 11) is 0. The van der Waals surface area contributed by atoms with E-state index >= 15 is 0 Å². The molecule has 2 aromatic rings. The number of halogens is 1. The molecule has 1 aromatic heterocycles. The second-order valence-corrected chi connectivity index (χ2v) is 3.78. The number of hydrogen-bond donors (Lipinski definition) is 2. The molecular weight excluding hydrogens is 265 g/mol. The van der Waals surface area contributed by atoms with Gasteiger partial charge in [0, 0.05) is 16.4 Å². The van der Waals surface area contributed by atoms with Gasteiger partial charge in [-0.25, -0.2) is 4.98 Å². The number of amides is 1. The van der Waals surface area contributed by atoms with Crippen molar-refractivity contribution in [1.82, 2.24) is 9.97 Å². The average molecular weight is 276 g/mol. The molecule has 0 saturated heterocycles. The fourth-order valence-corrected chi connectivity index (χ4v) is 1.53.